The lowest BCUT2D eigenvalue weighted by molar-refractivity contribution is 1.20. The van der Waals surface area contributed by atoms with Crippen molar-refractivity contribution in [2.45, 2.75) is 20.8 Å². The van der Waals surface area contributed by atoms with Gasteiger partial charge in [-0.3, -0.25) is 0 Å². The first kappa shape index (κ1) is 12.3. The number of hydrogen-bond acceptors (Lipinski definition) is 3. The molecule has 2 aromatic rings. The number of anilines is 1. The highest BCUT2D eigenvalue weighted by atomic mass is 15.1. The molecule has 0 atom stereocenters. The highest BCUT2D eigenvalue weighted by molar-refractivity contribution is 5.54. The van der Waals surface area contributed by atoms with E-state index in [0.29, 0.717) is 0 Å². The van der Waals surface area contributed by atoms with Gasteiger partial charge in [0.2, 0.25) is 0 Å². The van der Waals surface area contributed by atoms with Crippen LogP contribution in [0.4, 0.5) is 17.1 Å². The number of nitrogen functional groups attached to an aromatic ring is 1. The maximum absolute atomic E-state index is 5.77. The highest BCUT2D eigenvalue weighted by Crippen LogP contribution is 2.24. The van der Waals surface area contributed by atoms with Crippen molar-refractivity contribution in [2.24, 2.45) is 10.2 Å². The number of azo groups is 1. The van der Waals surface area contributed by atoms with Gasteiger partial charge in [0, 0.05) is 5.69 Å². The Morgan fingerprint density at radius 3 is 2.33 bits per heavy atom. The van der Waals surface area contributed by atoms with Crippen LogP contribution in [0.15, 0.2) is 46.6 Å². The highest BCUT2D eigenvalue weighted by Gasteiger charge is 1.98. The van der Waals surface area contributed by atoms with Crippen LogP contribution in [0.2, 0.25) is 0 Å². The summed E-state index contributed by atoms with van der Waals surface area (Å²) >= 11 is 0. The molecule has 92 valence electrons. The summed E-state index contributed by atoms with van der Waals surface area (Å²) in [6.45, 7) is 6.04. The number of aryl methyl sites for hydroxylation is 3. The van der Waals surface area contributed by atoms with Crippen molar-refractivity contribution in [1.82, 2.24) is 0 Å². The van der Waals surface area contributed by atoms with E-state index in [1.54, 1.807) is 0 Å². The van der Waals surface area contributed by atoms with Crippen molar-refractivity contribution in [2.75, 3.05) is 5.73 Å². The third kappa shape index (κ3) is 2.74. The van der Waals surface area contributed by atoms with Gasteiger partial charge < -0.3 is 5.73 Å². The van der Waals surface area contributed by atoms with E-state index in [2.05, 4.69) is 22.4 Å². The van der Waals surface area contributed by atoms with Gasteiger partial charge in [-0.05, 0) is 61.7 Å². The van der Waals surface area contributed by atoms with Crippen molar-refractivity contribution < 1.29 is 0 Å². The van der Waals surface area contributed by atoms with Crippen molar-refractivity contribution in [3.63, 3.8) is 0 Å². The molecule has 3 nitrogen and oxygen atoms in total. The maximum atomic E-state index is 5.77. The van der Waals surface area contributed by atoms with Crippen LogP contribution in [0.3, 0.4) is 0 Å². The van der Waals surface area contributed by atoms with Gasteiger partial charge >= 0.3 is 0 Å². The van der Waals surface area contributed by atoms with Crippen molar-refractivity contribution in [1.29, 1.82) is 0 Å². The molecule has 0 heterocycles. The fourth-order valence-electron chi connectivity index (χ4n) is 1.66. The quantitative estimate of drug-likeness (QED) is 0.603. The van der Waals surface area contributed by atoms with E-state index >= 15 is 0 Å². The van der Waals surface area contributed by atoms with Crippen LogP contribution in [-0.4, -0.2) is 0 Å². The number of nitrogens with two attached hydrogens (primary N) is 1. The van der Waals surface area contributed by atoms with E-state index in [9.17, 15) is 0 Å². The molecule has 2 rings (SSSR count). The maximum Gasteiger partial charge on any atom is 0.0888 e. The molecule has 0 unspecified atom stereocenters. The average molecular weight is 239 g/mol. The summed E-state index contributed by atoms with van der Waals surface area (Å²) in [7, 11) is 0. The second-order valence-corrected chi connectivity index (χ2v) is 4.53. The Hall–Kier alpha value is -2.16. The van der Waals surface area contributed by atoms with Gasteiger partial charge in [0.05, 0.1) is 11.4 Å². The summed E-state index contributed by atoms with van der Waals surface area (Å²) in [6.07, 6.45) is 0. The summed E-state index contributed by atoms with van der Waals surface area (Å²) in [5.74, 6) is 0. The zero-order valence-electron chi connectivity index (χ0n) is 10.9. The summed E-state index contributed by atoms with van der Waals surface area (Å²) < 4.78 is 0. The second kappa shape index (κ2) is 5.00. The predicted octanol–water partition coefficient (Wildman–Crippen LogP) is 4.61. The van der Waals surface area contributed by atoms with Crippen molar-refractivity contribution in [3.05, 3.63) is 53.1 Å². The molecular formula is C15H17N3. The number of benzene rings is 2. The van der Waals surface area contributed by atoms with Gasteiger partial charge in [0.25, 0.3) is 0 Å². The second-order valence-electron chi connectivity index (χ2n) is 4.53. The minimum absolute atomic E-state index is 0.778. The van der Waals surface area contributed by atoms with Gasteiger partial charge in [0.15, 0.2) is 0 Å². The number of nitrogens with zero attached hydrogens (tertiary/aromatic N) is 2. The first-order valence-electron chi connectivity index (χ1n) is 5.91. The van der Waals surface area contributed by atoms with Gasteiger partial charge in [0.1, 0.15) is 0 Å². The lowest BCUT2D eigenvalue weighted by Crippen LogP contribution is -1.87. The molecule has 0 radical (unpaired) electrons. The Bertz CT molecular complexity index is 601. The fourth-order valence-corrected chi connectivity index (χ4v) is 1.66. The molecule has 2 N–H and O–H groups in total. The van der Waals surface area contributed by atoms with E-state index in [-0.39, 0.29) is 0 Å². The molecule has 0 amide bonds. The van der Waals surface area contributed by atoms with Crippen LogP contribution >= 0.6 is 0 Å². The molecule has 0 saturated carbocycles. The van der Waals surface area contributed by atoms with Gasteiger partial charge in [-0.15, -0.1) is 0 Å². The monoisotopic (exact) mass is 239 g/mol. The first-order chi connectivity index (χ1) is 8.56. The zero-order valence-corrected chi connectivity index (χ0v) is 10.9. The average Bonchev–Trinajstić information content (AvgIpc) is 2.34. The van der Waals surface area contributed by atoms with E-state index < -0.39 is 0 Å². The molecule has 0 bridgehead atoms. The van der Waals surface area contributed by atoms with Gasteiger partial charge in [-0.2, -0.15) is 10.2 Å². The number of rotatable bonds is 2. The van der Waals surface area contributed by atoms with Gasteiger partial charge in [-0.1, -0.05) is 12.1 Å². The summed E-state index contributed by atoms with van der Waals surface area (Å²) in [4.78, 5) is 0. The minimum Gasteiger partial charge on any atom is -0.399 e. The first-order valence-corrected chi connectivity index (χ1v) is 5.91. The fraction of sp³-hybridized carbons (Fsp3) is 0.200. The van der Waals surface area contributed by atoms with Crippen LogP contribution in [0.25, 0.3) is 0 Å². The topological polar surface area (TPSA) is 50.7 Å². The Labute approximate surface area is 107 Å². The van der Waals surface area contributed by atoms with E-state index in [1.165, 1.54) is 5.56 Å². The van der Waals surface area contributed by atoms with Crippen LogP contribution in [0.1, 0.15) is 16.7 Å². The molecule has 3 heteroatoms. The molecule has 0 aromatic heterocycles. The summed E-state index contributed by atoms with van der Waals surface area (Å²) in [5, 5.41) is 8.54. The van der Waals surface area contributed by atoms with Crippen molar-refractivity contribution >= 4 is 17.1 Å². The predicted molar refractivity (Wildman–Crippen MR) is 75.7 cm³/mol. The lowest BCUT2D eigenvalue weighted by Gasteiger charge is -2.02. The largest absolute Gasteiger partial charge is 0.399 e. The SMILES string of the molecule is Cc1ccc(C)c(N=Nc2ccc(N)c(C)c2)c1. The number of hydrogen-bond donors (Lipinski definition) is 1. The van der Waals surface area contributed by atoms with Crippen LogP contribution in [0, 0.1) is 20.8 Å². The molecule has 0 aliphatic heterocycles. The third-order valence-corrected chi connectivity index (χ3v) is 2.89. The van der Waals surface area contributed by atoms with Crippen LogP contribution in [0.5, 0.6) is 0 Å². The van der Waals surface area contributed by atoms with Crippen LogP contribution in [-0.2, 0) is 0 Å². The standard InChI is InChI=1S/C15H17N3/c1-10-4-5-11(2)15(8-10)18-17-13-6-7-14(16)12(3)9-13/h4-9H,16H2,1-3H3. The molecule has 0 saturated heterocycles. The summed E-state index contributed by atoms with van der Waals surface area (Å²) in [6, 6.07) is 11.8. The Kier molecular flexibility index (Phi) is 3.42. The van der Waals surface area contributed by atoms with Crippen molar-refractivity contribution in [3.8, 4) is 0 Å². The van der Waals surface area contributed by atoms with E-state index in [0.717, 1.165) is 28.2 Å². The molecule has 0 fully saturated rings. The van der Waals surface area contributed by atoms with Gasteiger partial charge in [-0.25, -0.2) is 0 Å². The summed E-state index contributed by atoms with van der Waals surface area (Å²) in [5.41, 5.74) is 11.6. The molecule has 0 spiro atoms. The van der Waals surface area contributed by atoms with Crippen LogP contribution < -0.4 is 5.73 Å². The normalized spacial score (nSPS) is 11.1. The third-order valence-electron chi connectivity index (χ3n) is 2.89. The van der Waals surface area contributed by atoms with E-state index in [4.69, 9.17) is 5.73 Å². The smallest absolute Gasteiger partial charge is 0.0888 e. The van der Waals surface area contributed by atoms with E-state index in [1.807, 2.05) is 45.0 Å². The zero-order chi connectivity index (χ0) is 13.1. The minimum atomic E-state index is 0.778. The molecule has 0 aliphatic rings. The molecular weight excluding hydrogens is 222 g/mol. The lowest BCUT2D eigenvalue weighted by atomic mass is 10.1. The Morgan fingerprint density at radius 2 is 1.61 bits per heavy atom. The Morgan fingerprint density at radius 1 is 0.833 bits per heavy atom. The Balaban J connectivity index is 2.29. The molecule has 18 heavy (non-hydrogen) atoms. The molecule has 2 aromatic carbocycles. The molecule has 0 aliphatic carbocycles.